The van der Waals surface area contributed by atoms with Gasteiger partial charge in [-0.1, -0.05) is 27.5 Å². The summed E-state index contributed by atoms with van der Waals surface area (Å²) in [6.07, 6.45) is 2.97. The van der Waals surface area contributed by atoms with Crippen molar-refractivity contribution in [2.75, 3.05) is 16.4 Å². The number of halogens is 2. The Morgan fingerprint density at radius 2 is 1.61 bits per heavy atom. The largest absolute Gasteiger partial charge is 0.393 e. The molecule has 0 spiro atoms. The molecule has 116 valence electrons. The zero-order chi connectivity index (χ0) is 16.2. The molecule has 2 aromatic heterocycles. The molecule has 0 radical (unpaired) electrons. The van der Waals surface area contributed by atoms with E-state index in [4.69, 9.17) is 17.3 Å². The first-order valence-corrected chi connectivity index (χ1v) is 7.80. The Morgan fingerprint density at radius 1 is 0.913 bits per heavy atom. The van der Waals surface area contributed by atoms with Crippen molar-refractivity contribution >= 4 is 56.4 Å². The van der Waals surface area contributed by atoms with E-state index in [-0.39, 0.29) is 0 Å². The first-order valence-electron chi connectivity index (χ1n) is 6.63. The standard InChI is InChI=1S/C15H12BrClN6/c16-9-1-4-11(5-2-9)22-14-13(18)15(21-8-20-14)23-12-6-3-10(17)7-19-12/h1-8H,18H2,(H2,19,20,21,22,23). The van der Waals surface area contributed by atoms with Crippen LogP contribution in [-0.4, -0.2) is 15.0 Å². The molecule has 3 aromatic rings. The number of pyridine rings is 1. The van der Waals surface area contributed by atoms with E-state index in [2.05, 4.69) is 41.5 Å². The molecule has 2 heterocycles. The summed E-state index contributed by atoms with van der Waals surface area (Å²) < 4.78 is 0.995. The van der Waals surface area contributed by atoms with E-state index in [1.807, 2.05) is 24.3 Å². The van der Waals surface area contributed by atoms with Crippen molar-refractivity contribution in [1.82, 2.24) is 15.0 Å². The molecule has 0 unspecified atom stereocenters. The average Bonchev–Trinajstić information content (AvgIpc) is 2.55. The summed E-state index contributed by atoms with van der Waals surface area (Å²) in [6, 6.07) is 11.2. The number of benzene rings is 1. The van der Waals surface area contributed by atoms with Crippen molar-refractivity contribution in [2.24, 2.45) is 0 Å². The minimum atomic E-state index is 0.396. The third kappa shape index (κ3) is 3.88. The lowest BCUT2D eigenvalue weighted by atomic mass is 10.3. The molecule has 0 amide bonds. The van der Waals surface area contributed by atoms with Crippen molar-refractivity contribution in [3.8, 4) is 0 Å². The van der Waals surface area contributed by atoms with Gasteiger partial charge in [-0.2, -0.15) is 0 Å². The summed E-state index contributed by atoms with van der Waals surface area (Å²) in [4.78, 5) is 12.5. The monoisotopic (exact) mass is 390 g/mol. The zero-order valence-electron chi connectivity index (χ0n) is 11.8. The smallest absolute Gasteiger partial charge is 0.160 e. The van der Waals surface area contributed by atoms with Gasteiger partial charge in [-0.15, -0.1) is 0 Å². The first-order chi connectivity index (χ1) is 11.1. The predicted octanol–water partition coefficient (Wildman–Crippen LogP) is 4.36. The lowest BCUT2D eigenvalue weighted by Crippen LogP contribution is -2.05. The maximum atomic E-state index is 6.13. The molecule has 0 saturated carbocycles. The van der Waals surface area contributed by atoms with Gasteiger partial charge in [0.25, 0.3) is 0 Å². The fraction of sp³-hybridized carbons (Fsp3) is 0. The van der Waals surface area contributed by atoms with Crippen molar-refractivity contribution in [2.45, 2.75) is 0 Å². The number of nitrogen functional groups attached to an aromatic ring is 1. The van der Waals surface area contributed by atoms with E-state index in [1.54, 1.807) is 18.3 Å². The van der Waals surface area contributed by atoms with Crippen molar-refractivity contribution in [3.05, 3.63) is 58.4 Å². The molecule has 0 aliphatic carbocycles. The Hall–Kier alpha value is -2.38. The van der Waals surface area contributed by atoms with Crippen LogP contribution in [0.5, 0.6) is 0 Å². The van der Waals surface area contributed by atoms with E-state index < -0.39 is 0 Å². The molecule has 3 rings (SSSR count). The van der Waals surface area contributed by atoms with Crippen LogP contribution in [0, 0.1) is 0 Å². The lowest BCUT2D eigenvalue weighted by molar-refractivity contribution is 1.16. The van der Waals surface area contributed by atoms with E-state index in [9.17, 15) is 0 Å². The van der Waals surface area contributed by atoms with Gasteiger partial charge in [0.15, 0.2) is 11.6 Å². The minimum Gasteiger partial charge on any atom is -0.393 e. The van der Waals surface area contributed by atoms with Gasteiger partial charge >= 0.3 is 0 Å². The van der Waals surface area contributed by atoms with Gasteiger partial charge in [-0.3, -0.25) is 0 Å². The average molecular weight is 392 g/mol. The Morgan fingerprint density at radius 3 is 2.26 bits per heavy atom. The highest BCUT2D eigenvalue weighted by molar-refractivity contribution is 9.10. The van der Waals surface area contributed by atoms with Crippen LogP contribution >= 0.6 is 27.5 Å². The van der Waals surface area contributed by atoms with Crippen LogP contribution in [0.1, 0.15) is 0 Å². The molecule has 0 atom stereocenters. The highest BCUT2D eigenvalue weighted by atomic mass is 79.9. The van der Waals surface area contributed by atoms with Gasteiger partial charge in [0.1, 0.15) is 17.8 Å². The maximum Gasteiger partial charge on any atom is 0.160 e. The molecule has 4 N–H and O–H groups in total. The number of nitrogens with two attached hydrogens (primary N) is 1. The number of rotatable bonds is 4. The quantitative estimate of drug-likeness (QED) is 0.612. The number of nitrogens with zero attached hydrogens (tertiary/aromatic N) is 3. The molecule has 0 saturated heterocycles. The van der Waals surface area contributed by atoms with Crippen LogP contribution in [0.25, 0.3) is 0 Å². The number of anilines is 5. The van der Waals surface area contributed by atoms with Gasteiger partial charge in [0.05, 0.1) is 5.02 Å². The maximum absolute atomic E-state index is 6.13. The fourth-order valence-electron chi connectivity index (χ4n) is 1.84. The van der Waals surface area contributed by atoms with Crippen molar-refractivity contribution < 1.29 is 0 Å². The summed E-state index contributed by atoms with van der Waals surface area (Å²) in [5.74, 6) is 1.57. The third-order valence-corrected chi connectivity index (χ3v) is 3.72. The molecule has 0 aliphatic heterocycles. The Labute approximate surface area is 146 Å². The second-order valence-corrected chi connectivity index (χ2v) is 5.96. The number of hydrogen-bond donors (Lipinski definition) is 3. The van der Waals surface area contributed by atoms with Crippen LogP contribution < -0.4 is 16.4 Å². The van der Waals surface area contributed by atoms with E-state index >= 15 is 0 Å². The zero-order valence-corrected chi connectivity index (χ0v) is 14.1. The number of aromatic nitrogens is 3. The molecular weight excluding hydrogens is 380 g/mol. The molecule has 23 heavy (non-hydrogen) atoms. The first kappa shape index (κ1) is 15.5. The van der Waals surface area contributed by atoms with Gasteiger partial charge in [-0.25, -0.2) is 15.0 Å². The van der Waals surface area contributed by atoms with Crippen molar-refractivity contribution in [3.63, 3.8) is 0 Å². The predicted molar refractivity (Wildman–Crippen MR) is 96.4 cm³/mol. The number of hydrogen-bond acceptors (Lipinski definition) is 6. The Kier molecular flexibility index (Phi) is 4.59. The summed E-state index contributed by atoms with van der Waals surface area (Å²) in [6.45, 7) is 0. The molecular formula is C15H12BrClN6. The normalized spacial score (nSPS) is 10.3. The van der Waals surface area contributed by atoms with Gasteiger partial charge < -0.3 is 16.4 Å². The topological polar surface area (TPSA) is 88.8 Å². The Balaban J connectivity index is 1.83. The second-order valence-electron chi connectivity index (χ2n) is 4.60. The van der Waals surface area contributed by atoms with E-state index in [0.29, 0.717) is 28.2 Å². The van der Waals surface area contributed by atoms with Gasteiger partial charge in [0, 0.05) is 16.4 Å². The molecule has 8 heteroatoms. The van der Waals surface area contributed by atoms with E-state index in [0.717, 1.165) is 10.2 Å². The summed E-state index contributed by atoms with van der Waals surface area (Å²) in [5, 5.41) is 6.76. The minimum absolute atomic E-state index is 0.396. The van der Waals surface area contributed by atoms with Crippen LogP contribution in [0.4, 0.5) is 28.8 Å². The van der Waals surface area contributed by atoms with Crippen LogP contribution in [0.15, 0.2) is 53.4 Å². The SMILES string of the molecule is Nc1c(Nc2ccc(Br)cc2)ncnc1Nc1ccc(Cl)cn1. The van der Waals surface area contributed by atoms with Crippen LogP contribution in [0.2, 0.25) is 5.02 Å². The van der Waals surface area contributed by atoms with Gasteiger partial charge in [0.2, 0.25) is 0 Å². The van der Waals surface area contributed by atoms with Crippen molar-refractivity contribution in [1.29, 1.82) is 0 Å². The third-order valence-electron chi connectivity index (χ3n) is 2.96. The van der Waals surface area contributed by atoms with Gasteiger partial charge in [-0.05, 0) is 36.4 Å². The summed E-state index contributed by atoms with van der Waals surface area (Å²) in [7, 11) is 0. The van der Waals surface area contributed by atoms with Crippen LogP contribution in [-0.2, 0) is 0 Å². The molecule has 0 aliphatic rings. The molecule has 6 nitrogen and oxygen atoms in total. The summed E-state index contributed by atoms with van der Waals surface area (Å²) in [5.41, 5.74) is 7.39. The lowest BCUT2D eigenvalue weighted by Gasteiger charge is -2.12. The summed E-state index contributed by atoms with van der Waals surface area (Å²) >= 11 is 9.21. The molecule has 0 bridgehead atoms. The highest BCUT2D eigenvalue weighted by Crippen LogP contribution is 2.28. The number of nitrogens with one attached hydrogen (secondary N) is 2. The highest BCUT2D eigenvalue weighted by Gasteiger charge is 2.09. The fourth-order valence-corrected chi connectivity index (χ4v) is 2.21. The molecule has 0 fully saturated rings. The van der Waals surface area contributed by atoms with Crippen LogP contribution in [0.3, 0.4) is 0 Å². The molecule has 1 aromatic carbocycles. The second kappa shape index (κ2) is 6.80. The Bertz CT molecular complexity index is 741. The van der Waals surface area contributed by atoms with E-state index in [1.165, 1.54) is 6.33 Å².